The Bertz CT molecular complexity index is 569. The van der Waals surface area contributed by atoms with Crippen LogP contribution >= 0.6 is 5.59 Å². The van der Waals surface area contributed by atoms with Crippen molar-refractivity contribution in [3.8, 4) is 0 Å². The van der Waals surface area contributed by atoms with Crippen LogP contribution in [0.15, 0.2) is 91.0 Å². The van der Waals surface area contributed by atoms with Gasteiger partial charge in [0.2, 0.25) is 0 Å². The van der Waals surface area contributed by atoms with Crippen molar-refractivity contribution in [2.24, 2.45) is 0 Å². The summed E-state index contributed by atoms with van der Waals surface area (Å²) in [6.07, 6.45) is 0. The van der Waals surface area contributed by atoms with E-state index in [1.54, 1.807) is 0 Å². The first kappa shape index (κ1) is 13.7. The van der Waals surface area contributed by atoms with E-state index in [0.29, 0.717) is 0 Å². The second-order valence-electron chi connectivity index (χ2n) is 4.76. The SMILES string of the molecule is [RuH][PH](c1ccccc1)(c1ccccc1)c1ccccc1. The molecule has 0 unspecified atom stereocenters. The summed E-state index contributed by atoms with van der Waals surface area (Å²) in [5.74, 6) is 0. The normalized spacial score (nSPS) is 12.1. The van der Waals surface area contributed by atoms with Gasteiger partial charge in [-0.15, -0.1) is 0 Å². The fourth-order valence-electron chi connectivity index (χ4n) is 2.50. The Balaban J connectivity index is 2.24. The molecule has 0 nitrogen and oxygen atoms in total. The van der Waals surface area contributed by atoms with E-state index in [2.05, 4.69) is 109 Å². The van der Waals surface area contributed by atoms with Crippen LogP contribution < -0.4 is 15.9 Å². The van der Waals surface area contributed by atoms with Crippen molar-refractivity contribution in [2.75, 3.05) is 0 Å². The number of hydrogen-bond acceptors (Lipinski definition) is 0. The van der Waals surface area contributed by atoms with Crippen LogP contribution in [0.5, 0.6) is 0 Å². The fourth-order valence-corrected chi connectivity index (χ4v) is 8.25. The van der Waals surface area contributed by atoms with Gasteiger partial charge in [-0.2, -0.15) is 0 Å². The summed E-state index contributed by atoms with van der Waals surface area (Å²) in [5.41, 5.74) is -1.91. The molecule has 0 aliphatic carbocycles. The Morgan fingerprint density at radius 2 is 0.700 bits per heavy atom. The first-order chi connectivity index (χ1) is 9.82. The zero-order valence-corrected chi connectivity index (χ0v) is 13.9. The summed E-state index contributed by atoms with van der Waals surface area (Å²) in [6.45, 7) is 0. The van der Waals surface area contributed by atoms with E-state index in [-0.39, 0.29) is 0 Å². The van der Waals surface area contributed by atoms with E-state index in [1.165, 1.54) is 15.9 Å². The van der Waals surface area contributed by atoms with Crippen LogP contribution in [-0.4, -0.2) is 0 Å². The van der Waals surface area contributed by atoms with Gasteiger partial charge >= 0.3 is 130 Å². The molecule has 0 N–H and O–H groups in total. The molecule has 0 aliphatic heterocycles. The van der Waals surface area contributed by atoms with Gasteiger partial charge in [0.15, 0.2) is 0 Å². The molecule has 0 saturated heterocycles. The standard InChI is InChI=1S/C18H15P.Ru.H/c1-4-10-16(11-5-1)19(17-12-6-2-7-13-17)18-14-8-3-9-15-18;;/h1-15H;;/q;-1;/p+1. The van der Waals surface area contributed by atoms with Crippen LogP contribution in [-0.2, 0) is 17.8 Å². The van der Waals surface area contributed by atoms with Crippen LogP contribution in [0.3, 0.4) is 0 Å². The zero-order valence-electron chi connectivity index (χ0n) is 11.0. The van der Waals surface area contributed by atoms with E-state index in [0.717, 1.165) is 0 Å². The van der Waals surface area contributed by atoms with Crippen LogP contribution in [0, 0.1) is 0 Å². The molecule has 0 aliphatic rings. The van der Waals surface area contributed by atoms with Gasteiger partial charge in [0.05, 0.1) is 0 Å². The third-order valence-electron chi connectivity index (χ3n) is 3.51. The van der Waals surface area contributed by atoms with Gasteiger partial charge in [-0.1, -0.05) is 0 Å². The number of benzene rings is 3. The topological polar surface area (TPSA) is 0 Å². The molecule has 0 atom stereocenters. The van der Waals surface area contributed by atoms with Crippen molar-refractivity contribution in [3.05, 3.63) is 91.0 Å². The van der Waals surface area contributed by atoms with Crippen LogP contribution in [0.4, 0.5) is 0 Å². The molecular weight excluding hydrogens is 348 g/mol. The molecule has 0 heterocycles. The van der Waals surface area contributed by atoms with Crippen LogP contribution in [0.25, 0.3) is 0 Å². The number of hydrogen-bond donors (Lipinski definition) is 0. The third kappa shape index (κ3) is 2.49. The first-order valence-electron chi connectivity index (χ1n) is 6.67. The molecule has 20 heavy (non-hydrogen) atoms. The molecule has 0 bridgehead atoms. The van der Waals surface area contributed by atoms with E-state index in [1.807, 2.05) is 0 Å². The van der Waals surface area contributed by atoms with Crippen molar-refractivity contribution in [3.63, 3.8) is 0 Å². The van der Waals surface area contributed by atoms with Crippen molar-refractivity contribution in [1.29, 1.82) is 0 Å². The molecule has 0 amide bonds. The van der Waals surface area contributed by atoms with E-state index in [9.17, 15) is 0 Å². The van der Waals surface area contributed by atoms with Crippen LogP contribution in [0.2, 0.25) is 0 Å². The Labute approximate surface area is 130 Å². The Kier molecular flexibility index (Phi) is 4.11. The van der Waals surface area contributed by atoms with Gasteiger partial charge < -0.3 is 0 Å². The minimum atomic E-state index is -1.91. The maximum atomic E-state index is 2.71. The van der Waals surface area contributed by atoms with Gasteiger partial charge in [0, 0.05) is 0 Å². The molecule has 0 aromatic heterocycles. The molecule has 102 valence electrons. The van der Waals surface area contributed by atoms with Gasteiger partial charge in [0.25, 0.3) is 0 Å². The molecule has 3 rings (SSSR count). The molecule has 0 fully saturated rings. The van der Waals surface area contributed by atoms with E-state index < -0.39 is 5.59 Å². The average molecular weight is 365 g/mol. The summed E-state index contributed by atoms with van der Waals surface area (Å²) < 4.78 is 0. The summed E-state index contributed by atoms with van der Waals surface area (Å²) in [4.78, 5) is 0. The quantitative estimate of drug-likeness (QED) is 0.495. The minimum absolute atomic E-state index is 1.44. The Morgan fingerprint density at radius 1 is 0.450 bits per heavy atom. The summed E-state index contributed by atoms with van der Waals surface area (Å²) in [6, 6.07) is 32.7. The maximum absolute atomic E-state index is 2.71. The van der Waals surface area contributed by atoms with Gasteiger partial charge in [-0.05, 0) is 0 Å². The monoisotopic (exact) mass is 366 g/mol. The molecule has 3 aromatic carbocycles. The van der Waals surface area contributed by atoms with Gasteiger partial charge in [-0.25, -0.2) is 0 Å². The molecule has 0 spiro atoms. The van der Waals surface area contributed by atoms with Gasteiger partial charge in [-0.3, -0.25) is 0 Å². The van der Waals surface area contributed by atoms with E-state index >= 15 is 0 Å². The van der Waals surface area contributed by atoms with Crippen molar-refractivity contribution >= 4 is 21.5 Å². The second-order valence-corrected chi connectivity index (χ2v) is 12.0. The van der Waals surface area contributed by atoms with Crippen molar-refractivity contribution in [2.45, 2.75) is 0 Å². The Morgan fingerprint density at radius 3 is 0.950 bits per heavy atom. The third-order valence-corrected chi connectivity index (χ3v) is 11.7. The summed E-state index contributed by atoms with van der Waals surface area (Å²) in [5, 5.41) is 4.33. The first-order valence-corrected chi connectivity index (χ1v) is 11.3. The molecule has 2 heteroatoms. The Hall–Kier alpha value is -1.29. The fraction of sp³-hybridized carbons (Fsp3) is 0. The molecule has 0 radical (unpaired) electrons. The predicted octanol–water partition coefficient (Wildman–Crippen LogP) is 2.91. The van der Waals surface area contributed by atoms with Gasteiger partial charge in [0.1, 0.15) is 0 Å². The predicted molar refractivity (Wildman–Crippen MR) is 87.9 cm³/mol. The van der Waals surface area contributed by atoms with E-state index in [4.69, 9.17) is 0 Å². The zero-order chi connectivity index (χ0) is 13.8. The van der Waals surface area contributed by atoms with Crippen molar-refractivity contribution in [1.82, 2.24) is 0 Å². The summed E-state index contributed by atoms with van der Waals surface area (Å²) in [7, 11) is 0. The molecule has 0 saturated carbocycles. The van der Waals surface area contributed by atoms with Crippen molar-refractivity contribution < 1.29 is 17.8 Å². The average Bonchev–Trinajstić information content (AvgIpc) is 2.56. The molecular formula is C18H17PRu. The molecule has 3 aromatic rings. The number of rotatable bonds is 3. The summed E-state index contributed by atoms with van der Waals surface area (Å²) >= 11 is 2.71. The second kappa shape index (κ2) is 6.00. The van der Waals surface area contributed by atoms with Crippen LogP contribution in [0.1, 0.15) is 0 Å².